The molecule has 0 heterocycles. The minimum Gasteiger partial charge on any atom is -0.295 e. The van der Waals surface area contributed by atoms with Crippen LogP contribution in [0.5, 0.6) is 0 Å². The summed E-state index contributed by atoms with van der Waals surface area (Å²) in [5, 5.41) is 4.32. The number of Topliss-reactive ketones (excluding diaryl/α,β-unsaturated/α-hetero) is 2. The minimum absolute atomic E-state index is 0.0687. The number of benzene rings is 4. The molecule has 0 aromatic heterocycles. The highest BCUT2D eigenvalue weighted by Crippen LogP contribution is 2.34. The number of rotatable bonds is 3. The van der Waals surface area contributed by atoms with Gasteiger partial charge in [0.25, 0.3) is 0 Å². The van der Waals surface area contributed by atoms with E-state index in [2.05, 4.69) is 12.1 Å². The Morgan fingerprint density at radius 3 is 1.38 bits per heavy atom. The molecule has 4 aromatic rings. The van der Waals surface area contributed by atoms with E-state index in [1.807, 2.05) is 60.7 Å². The van der Waals surface area contributed by atoms with Crippen LogP contribution in [0.1, 0.15) is 34.6 Å². The van der Waals surface area contributed by atoms with E-state index in [1.54, 1.807) is 13.8 Å². The van der Waals surface area contributed by atoms with Crippen molar-refractivity contribution in [3.63, 3.8) is 0 Å². The summed E-state index contributed by atoms with van der Waals surface area (Å²) in [7, 11) is 0. The van der Waals surface area contributed by atoms with Crippen molar-refractivity contribution in [3.8, 4) is 11.1 Å². The van der Waals surface area contributed by atoms with Crippen molar-refractivity contribution in [2.45, 2.75) is 13.8 Å². The Labute approximate surface area is 152 Å². The van der Waals surface area contributed by atoms with E-state index in [0.29, 0.717) is 0 Å². The van der Waals surface area contributed by atoms with Crippen LogP contribution in [-0.2, 0) is 0 Å². The molecule has 0 fully saturated rings. The van der Waals surface area contributed by atoms with Gasteiger partial charge in [-0.3, -0.25) is 9.59 Å². The van der Waals surface area contributed by atoms with E-state index >= 15 is 0 Å². The zero-order chi connectivity index (χ0) is 18.3. The van der Waals surface area contributed by atoms with Gasteiger partial charge in [0.1, 0.15) is 0 Å². The smallest absolute Gasteiger partial charge is 0.159 e. The van der Waals surface area contributed by atoms with Crippen LogP contribution >= 0.6 is 0 Å². The number of hydrogen-bond acceptors (Lipinski definition) is 2. The first kappa shape index (κ1) is 16.2. The van der Waals surface area contributed by atoms with Gasteiger partial charge >= 0.3 is 0 Å². The number of fused-ring (bicyclic) bond motifs is 2. The molecule has 0 spiro atoms. The molecule has 0 aliphatic carbocycles. The quantitative estimate of drug-likeness (QED) is 0.425. The molecular weight excluding hydrogens is 320 g/mol. The summed E-state index contributed by atoms with van der Waals surface area (Å²) in [6.45, 7) is 3.17. The van der Waals surface area contributed by atoms with E-state index < -0.39 is 0 Å². The SMILES string of the molecule is CC(=O)c1ccc2c(-c3cccc4cc(C(C)=O)ccc34)cccc2c1. The van der Waals surface area contributed by atoms with Gasteiger partial charge in [-0.15, -0.1) is 0 Å². The normalized spacial score (nSPS) is 11.0. The Morgan fingerprint density at radius 1 is 0.577 bits per heavy atom. The van der Waals surface area contributed by atoms with Gasteiger partial charge in [0.2, 0.25) is 0 Å². The molecule has 0 N–H and O–H groups in total. The van der Waals surface area contributed by atoms with E-state index in [1.165, 1.54) is 0 Å². The molecule has 0 unspecified atom stereocenters. The fraction of sp³-hybridized carbons (Fsp3) is 0.0833. The molecule has 0 aliphatic rings. The molecular formula is C24H18O2. The fourth-order valence-corrected chi connectivity index (χ4v) is 3.48. The second-order valence-electron chi connectivity index (χ2n) is 6.60. The Morgan fingerprint density at radius 2 is 1.00 bits per heavy atom. The van der Waals surface area contributed by atoms with Gasteiger partial charge in [0, 0.05) is 11.1 Å². The van der Waals surface area contributed by atoms with Gasteiger partial charge in [-0.1, -0.05) is 60.7 Å². The van der Waals surface area contributed by atoms with E-state index in [0.717, 1.165) is 43.8 Å². The number of ketones is 2. The second-order valence-corrected chi connectivity index (χ2v) is 6.60. The highest BCUT2D eigenvalue weighted by molar-refractivity contribution is 6.08. The molecule has 126 valence electrons. The summed E-state index contributed by atoms with van der Waals surface area (Å²) in [6.07, 6.45) is 0. The standard InChI is InChI=1S/C24H18O2/c1-15(25)17-9-11-21-19(13-17)5-3-7-23(21)24-8-4-6-20-14-18(16(2)26)10-12-22(20)24/h3-14H,1-2H3. The van der Waals surface area contributed by atoms with Crippen LogP contribution in [0.3, 0.4) is 0 Å². The van der Waals surface area contributed by atoms with Gasteiger partial charge in [0.15, 0.2) is 11.6 Å². The predicted octanol–water partition coefficient (Wildman–Crippen LogP) is 6.07. The van der Waals surface area contributed by atoms with Gasteiger partial charge in [-0.05, 0) is 58.7 Å². The monoisotopic (exact) mass is 338 g/mol. The lowest BCUT2D eigenvalue weighted by Gasteiger charge is -2.11. The third-order valence-corrected chi connectivity index (χ3v) is 4.86. The summed E-state index contributed by atoms with van der Waals surface area (Å²) in [6, 6.07) is 24.0. The van der Waals surface area contributed by atoms with Crippen molar-refractivity contribution < 1.29 is 9.59 Å². The highest BCUT2D eigenvalue weighted by Gasteiger charge is 2.10. The third-order valence-electron chi connectivity index (χ3n) is 4.86. The summed E-state index contributed by atoms with van der Waals surface area (Å²) < 4.78 is 0. The van der Waals surface area contributed by atoms with Gasteiger partial charge in [0.05, 0.1) is 0 Å². The number of hydrogen-bond donors (Lipinski definition) is 0. The molecule has 0 saturated heterocycles. The lowest BCUT2D eigenvalue weighted by Crippen LogP contribution is -1.93. The largest absolute Gasteiger partial charge is 0.295 e. The maximum atomic E-state index is 11.7. The van der Waals surface area contributed by atoms with Crippen molar-refractivity contribution in [1.29, 1.82) is 0 Å². The fourth-order valence-electron chi connectivity index (χ4n) is 3.48. The Bertz CT molecular complexity index is 1090. The number of carbonyl (C=O) groups is 2. The summed E-state index contributed by atoms with van der Waals surface area (Å²) in [5.41, 5.74) is 3.69. The van der Waals surface area contributed by atoms with Gasteiger partial charge in [-0.2, -0.15) is 0 Å². The molecule has 0 bridgehead atoms. The van der Waals surface area contributed by atoms with E-state index in [9.17, 15) is 9.59 Å². The van der Waals surface area contributed by atoms with Crippen LogP contribution in [0.25, 0.3) is 32.7 Å². The van der Waals surface area contributed by atoms with Gasteiger partial charge in [-0.25, -0.2) is 0 Å². The lowest BCUT2D eigenvalue weighted by molar-refractivity contribution is 0.100. The van der Waals surface area contributed by atoms with E-state index in [-0.39, 0.29) is 11.6 Å². The first-order valence-electron chi connectivity index (χ1n) is 8.62. The molecule has 0 radical (unpaired) electrons. The molecule has 0 atom stereocenters. The Balaban J connectivity index is 1.98. The topological polar surface area (TPSA) is 34.1 Å². The Hall–Kier alpha value is -3.26. The summed E-state index contributed by atoms with van der Waals surface area (Å²) in [5.74, 6) is 0.137. The molecule has 4 rings (SSSR count). The van der Waals surface area contributed by atoms with Crippen LogP contribution in [0.4, 0.5) is 0 Å². The lowest BCUT2D eigenvalue weighted by atomic mass is 9.92. The van der Waals surface area contributed by atoms with E-state index in [4.69, 9.17) is 0 Å². The van der Waals surface area contributed by atoms with Crippen LogP contribution < -0.4 is 0 Å². The first-order chi connectivity index (χ1) is 12.5. The maximum Gasteiger partial charge on any atom is 0.159 e. The second kappa shape index (κ2) is 6.23. The van der Waals surface area contributed by atoms with Crippen LogP contribution in [-0.4, -0.2) is 11.6 Å². The molecule has 0 aliphatic heterocycles. The molecule has 0 amide bonds. The zero-order valence-electron chi connectivity index (χ0n) is 14.7. The summed E-state index contributed by atoms with van der Waals surface area (Å²) >= 11 is 0. The molecule has 0 saturated carbocycles. The van der Waals surface area contributed by atoms with Gasteiger partial charge < -0.3 is 0 Å². The van der Waals surface area contributed by atoms with Crippen molar-refractivity contribution in [3.05, 3.63) is 83.9 Å². The first-order valence-corrected chi connectivity index (χ1v) is 8.62. The van der Waals surface area contributed by atoms with Crippen molar-refractivity contribution in [2.24, 2.45) is 0 Å². The van der Waals surface area contributed by atoms with Crippen LogP contribution in [0.15, 0.2) is 72.8 Å². The molecule has 4 aromatic carbocycles. The average molecular weight is 338 g/mol. The predicted molar refractivity (Wildman–Crippen MR) is 107 cm³/mol. The van der Waals surface area contributed by atoms with Crippen molar-refractivity contribution in [1.82, 2.24) is 0 Å². The van der Waals surface area contributed by atoms with Crippen LogP contribution in [0.2, 0.25) is 0 Å². The maximum absolute atomic E-state index is 11.7. The van der Waals surface area contributed by atoms with Crippen LogP contribution in [0, 0.1) is 0 Å². The molecule has 2 heteroatoms. The highest BCUT2D eigenvalue weighted by atomic mass is 16.1. The van der Waals surface area contributed by atoms with Crippen molar-refractivity contribution >= 4 is 33.1 Å². The molecule has 26 heavy (non-hydrogen) atoms. The Kier molecular flexibility index (Phi) is 3.89. The zero-order valence-corrected chi connectivity index (χ0v) is 14.7. The molecule has 2 nitrogen and oxygen atoms in total. The minimum atomic E-state index is 0.0687. The van der Waals surface area contributed by atoms with Crippen molar-refractivity contribution in [2.75, 3.05) is 0 Å². The number of carbonyl (C=O) groups excluding carboxylic acids is 2. The third kappa shape index (κ3) is 2.70. The average Bonchev–Trinajstić information content (AvgIpc) is 2.66. The summed E-state index contributed by atoms with van der Waals surface area (Å²) in [4.78, 5) is 23.4.